The van der Waals surface area contributed by atoms with Crippen LogP contribution in [0.3, 0.4) is 0 Å². The highest BCUT2D eigenvalue weighted by Crippen LogP contribution is 2.10. The van der Waals surface area contributed by atoms with Gasteiger partial charge in [-0.15, -0.1) is 0 Å². The second-order valence-electron chi connectivity index (χ2n) is 3.87. The molecule has 0 atom stereocenters. The van der Waals surface area contributed by atoms with Crippen LogP contribution in [0.2, 0.25) is 0 Å². The molecule has 0 fully saturated rings. The molecule has 0 unspecified atom stereocenters. The van der Waals surface area contributed by atoms with Crippen LogP contribution in [0.25, 0.3) is 0 Å². The molecule has 0 aromatic carbocycles. The molecule has 0 amide bonds. The van der Waals surface area contributed by atoms with E-state index >= 15 is 0 Å². The second-order valence-corrected chi connectivity index (χ2v) is 5.64. The van der Waals surface area contributed by atoms with Crippen molar-refractivity contribution in [3.05, 3.63) is 18.0 Å². The molecule has 1 aromatic heterocycles. The molecule has 0 saturated heterocycles. The van der Waals surface area contributed by atoms with Crippen molar-refractivity contribution in [2.75, 3.05) is 13.2 Å². The summed E-state index contributed by atoms with van der Waals surface area (Å²) < 4.78 is 31.0. The topological polar surface area (TPSA) is 108 Å². The quantitative estimate of drug-likeness (QED) is 0.625. The van der Waals surface area contributed by atoms with Gasteiger partial charge < -0.3 is 14.8 Å². The maximum Gasteiger partial charge on any atom is 0.352 e. The smallest absolute Gasteiger partial charge is 0.352 e. The molecule has 7 nitrogen and oxygen atoms in total. The first kappa shape index (κ1) is 14.7. The van der Waals surface area contributed by atoms with Crippen LogP contribution in [0.5, 0.6) is 0 Å². The molecule has 102 valence electrons. The predicted octanol–water partition coefficient (Wildman–Crippen LogP) is 0.416. The molecule has 0 aliphatic heterocycles. The monoisotopic (exact) mass is 276 g/mol. The number of hydrogen-bond donors (Lipinski definition) is 3. The van der Waals surface area contributed by atoms with Crippen molar-refractivity contribution >= 4 is 16.0 Å². The van der Waals surface area contributed by atoms with E-state index in [-0.39, 0.29) is 29.8 Å². The van der Waals surface area contributed by atoms with Gasteiger partial charge in [0, 0.05) is 12.7 Å². The average molecular weight is 276 g/mol. The van der Waals surface area contributed by atoms with Crippen LogP contribution in [-0.4, -0.2) is 43.7 Å². The summed E-state index contributed by atoms with van der Waals surface area (Å²) in [6.45, 7) is 4.08. The lowest BCUT2D eigenvalue weighted by atomic mass is 10.4. The van der Waals surface area contributed by atoms with Crippen molar-refractivity contribution < 1.29 is 23.1 Å². The summed E-state index contributed by atoms with van der Waals surface area (Å²) in [6.07, 6.45) is 1.16. The van der Waals surface area contributed by atoms with Crippen LogP contribution in [0.15, 0.2) is 17.2 Å². The fourth-order valence-electron chi connectivity index (χ4n) is 1.21. The average Bonchev–Trinajstić information content (AvgIpc) is 2.74. The van der Waals surface area contributed by atoms with Gasteiger partial charge in [-0.2, -0.15) is 0 Å². The molecule has 1 aromatic rings. The van der Waals surface area contributed by atoms with Crippen molar-refractivity contribution in [1.82, 2.24) is 9.71 Å². The molecule has 18 heavy (non-hydrogen) atoms. The van der Waals surface area contributed by atoms with Crippen LogP contribution in [-0.2, 0) is 14.8 Å². The number of carbonyl (C=O) groups is 1. The number of sulfonamides is 1. The molecular formula is C10H16N2O5S. The maximum absolute atomic E-state index is 11.7. The van der Waals surface area contributed by atoms with Gasteiger partial charge >= 0.3 is 5.97 Å². The van der Waals surface area contributed by atoms with Crippen molar-refractivity contribution in [2.24, 2.45) is 0 Å². The number of H-pyrrole nitrogens is 1. The van der Waals surface area contributed by atoms with E-state index in [1.165, 1.54) is 0 Å². The predicted molar refractivity (Wildman–Crippen MR) is 64.0 cm³/mol. The lowest BCUT2D eigenvalue weighted by Crippen LogP contribution is -2.28. The Hall–Kier alpha value is -1.38. The van der Waals surface area contributed by atoms with Gasteiger partial charge in [0.05, 0.1) is 12.7 Å². The van der Waals surface area contributed by atoms with Crippen molar-refractivity contribution in [3.63, 3.8) is 0 Å². The van der Waals surface area contributed by atoms with Gasteiger partial charge in [0.1, 0.15) is 10.6 Å². The minimum atomic E-state index is -3.70. The Morgan fingerprint density at radius 1 is 1.56 bits per heavy atom. The van der Waals surface area contributed by atoms with E-state index in [9.17, 15) is 13.2 Å². The summed E-state index contributed by atoms with van der Waals surface area (Å²) in [5, 5.41) is 8.67. The minimum Gasteiger partial charge on any atom is -0.477 e. The van der Waals surface area contributed by atoms with E-state index in [4.69, 9.17) is 9.84 Å². The fraction of sp³-hybridized carbons (Fsp3) is 0.500. The summed E-state index contributed by atoms with van der Waals surface area (Å²) in [4.78, 5) is 12.9. The van der Waals surface area contributed by atoms with Crippen LogP contribution < -0.4 is 4.72 Å². The van der Waals surface area contributed by atoms with E-state index < -0.39 is 16.0 Å². The molecule has 1 rings (SSSR count). The molecule has 0 bridgehead atoms. The number of nitrogens with one attached hydrogen (secondary N) is 2. The third-order valence-corrected chi connectivity index (χ3v) is 3.48. The number of ether oxygens (including phenoxy) is 1. The third kappa shape index (κ3) is 4.13. The van der Waals surface area contributed by atoms with E-state index in [0.717, 1.165) is 12.3 Å². The third-order valence-electron chi connectivity index (χ3n) is 2.04. The summed E-state index contributed by atoms with van der Waals surface area (Å²) >= 11 is 0. The van der Waals surface area contributed by atoms with Gasteiger partial charge in [-0.1, -0.05) is 0 Å². The van der Waals surface area contributed by atoms with Gasteiger partial charge in [0.2, 0.25) is 10.0 Å². The van der Waals surface area contributed by atoms with Gasteiger partial charge in [-0.3, -0.25) is 0 Å². The molecule has 0 aliphatic rings. The van der Waals surface area contributed by atoms with Crippen LogP contribution in [0.1, 0.15) is 24.3 Å². The summed E-state index contributed by atoms with van der Waals surface area (Å²) in [5.74, 6) is -1.21. The highest BCUT2D eigenvalue weighted by molar-refractivity contribution is 7.89. The summed E-state index contributed by atoms with van der Waals surface area (Å²) in [6, 6.07) is 1.06. The summed E-state index contributed by atoms with van der Waals surface area (Å²) in [5.41, 5.74) is -0.172. The number of aromatic carboxylic acids is 1. The molecule has 0 spiro atoms. The SMILES string of the molecule is CC(C)OCCNS(=O)(=O)c1c[nH]c(C(=O)O)c1. The van der Waals surface area contributed by atoms with Gasteiger partial charge in [-0.05, 0) is 19.9 Å². The number of aromatic nitrogens is 1. The Balaban J connectivity index is 2.60. The van der Waals surface area contributed by atoms with Crippen molar-refractivity contribution in [2.45, 2.75) is 24.8 Å². The number of carboxylic acid groups (broad SMARTS) is 1. The van der Waals surface area contributed by atoms with Crippen molar-refractivity contribution in [3.8, 4) is 0 Å². The number of rotatable bonds is 7. The van der Waals surface area contributed by atoms with Crippen LogP contribution >= 0.6 is 0 Å². The molecule has 0 aliphatic carbocycles. The molecule has 0 radical (unpaired) electrons. The Bertz CT molecular complexity index is 506. The minimum absolute atomic E-state index is 0.0281. The van der Waals surface area contributed by atoms with Crippen LogP contribution in [0, 0.1) is 0 Å². The van der Waals surface area contributed by atoms with Gasteiger partial charge in [0.15, 0.2) is 0 Å². The normalized spacial score (nSPS) is 11.9. The lowest BCUT2D eigenvalue weighted by molar-refractivity contribution is 0.0691. The first-order valence-corrected chi connectivity index (χ1v) is 6.84. The standard InChI is InChI=1S/C10H16N2O5S/c1-7(2)17-4-3-12-18(15,16)8-5-9(10(13)14)11-6-8/h5-7,11-12H,3-4H2,1-2H3,(H,13,14). The van der Waals surface area contributed by atoms with Gasteiger partial charge in [-0.25, -0.2) is 17.9 Å². The van der Waals surface area contributed by atoms with E-state index in [1.807, 2.05) is 13.8 Å². The highest BCUT2D eigenvalue weighted by atomic mass is 32.2. The molecule has 1 heterocycles. The Morgan fingerprint density at radius 3 is 2.72 bits per heavy atom. The largest absolute Gasteiger partial charge is 0.477 e. The Labute approximate surface area is 105 Å². The number of carboxylic acids is 1. The van der Waals surface area contributed by atoms with E-state index in [1.54, 1.807) is 0 Å². The maximum atomic E-state index is 11.7. The number of hydrogen-bond acceptors (Lipinski definition) is 4. The molecular weight excluding hydrogens is 260 g/mol. The number of aromatic amines is 1. The van der Waals surface area contributed by atoms with Gasteiger partial charge in [0.25, 0.3) is 0 Å². The zero-order valence-electron chi connectivity index (χ0n) is 10.1. The first-order chi connectivity index (χ1) is 8.33. The fourth-order valence-corrected chi connectivity index (χ4v) is 2.21. The first-order valence-electron chi connectivity index (χ1n) is 5.36. The highest BCUT2D eigenvalue weighted by Gasteiger charge is 2.17. The molecule has 0 saturated carbocycles. The van der Waals surface area contributed by atoms with Crippen LogP contribution in [0.4, 0.5) is 0 Å². The van der Waals surface area contributed by atoms with E-state index in [2.05, 4.69) is 9.71 Å². The lowest BCUT2D eigenvalue weighted by Gasteiger charge is -2.08. The molecule has 8 heteroatoms. The zero-order valence-corrected chi connectivity index (χ0v) is 11.0. The van der Waals surface area contributed by atoms with Crippen molar-refractivity contribution in [1.29, 1.82) is 0 Å². The Kier molecular flexibility index (Phi) is 4.88. The second kappa shape index (κ2) is 5.98. The molecule has 3 N–H and O–H groups in total. The Morgan fingerprint density at radius 2 is 2.22 bits per heavy atom. The summed E-state index contributed by atoms with van der Waals surface area (Å²) in [7, 11) is -3.70. The van der Waals surface area contributed by atoms with E-state index in [0.29, 0.717) is 0 Å². The zero-order chi connectivity index (χ0) is 13.8.